The summed E-state index contributed by atoms with van der Waals surface area (Å²) < 4.78 is 0. The lowest BCUT2D eigenvalue weighted by Gasteiger charge is -2.30. The molecule has 0 bridgehead atoms. The van der Waals surface area contributed by atoms with Crippen LogP contribution in [0.1, 0.15) is 46.5 Å². The third-order valence-corrected chi connectivity index (χ3v) is 4.30. The maximum Gasteiger partial charge on any atom is 0.0496 e. The topological polar surface area (TPSA) is 35.5 Å². The summed E-state index contributed by atoms with van der Waals surface area (Å²) in [6.07, 6.45) is 5.18. The van der Waals surface area contributed by atoms with Crippen molar-refractivity contribution in [2.24, 2.45) is 11.3 Å². The van der Waals surface area contributed by atoms with Gasteiger partial charge >= 0.3 is 0 Å². The van der Waals surface area contributed by atoms with Gasteiger partial charge in [-0.05, 0) is 44.8 Å². The molecule has 0 aromatic heterocycles. The lowest BCUT2D eigenvalue weighted by Crippen LogP contribution is -2.40. The number of nitrogens with zero attached hydrogens (tertiary/aromatic N) is 1. The molecule has 1 aliphatic heterocycles. The van der Waals surface area contributed by atoms with E-state index < -0.39 is 0 Å². The van der Waals surface area contributed by atoms with E-state index in [-0.39, 0.29) is 12.0 Å². The van der Waals surface area contributed by atoms with Gasteiger partial charge in [0, 0.05) is 25.1 Å². The van der Waals surface area contributed by atoms with Gasteiger partial charge in [0.05, 0.1) is 0 Å². The molecule has 3 nitrogen and oxygen atoms in total. The van der Waals surface area contributed by atoms with Crippen LogP contribution in [0.2, 0.25) is 0 Å². The van der Waals surface area contributed by atoms with Crippen LogP contribution in [0.25, 0.3) is 0 Å². The number of hydrogen-bond acceptors (Lipinski definition) is 3. The van der Waals surface area contributed by atoms with Crippen LogP contribution in [-0.2, 0) is 0 Å². The van der Waals surface area contributed by atoms with E-state index in [2.05, 4.69) is 31.0 Å². The summed E-state index contributed by atoms with van der Waals surface area (Å²) in [6, 6.07) is 0. The molecule has 1 fully saturated rings. The highest BCUT2D eigenvalue weighted by molar-refractivity contribution is 4.75. The summed E-state index contributed by atoms with van der Waals surface area (Å²) >= 11 is 0. The van der Waals surface area contributed by atoms with Crippen molar-refractivity contribution in [2.45, 2.75) is 46.5 Å². The molecule has 1 rings (SSSR count). The Labute approximate surface area is 113 Å². The summed E-state index contributed by atoms with van der Waals surface area (Å²) in [7, 11) is 0. The third-order valence-electron chi connectivity index (χ3n) is 4.30. The van der Waals surface area contributed by atoms with Gasteiger partial charge in [-0.25, -0.2) is 0 Å². The van der Waals surface area contributed by atoms with Gasteiger partial charge in [0.25, 0.3) is 0 Å². The molecule has 0 amide bonds. The van der Waals surface area contributed by atoms with E-state index >= 15 is 0 Å². The normalized spacial score (nSPS) is 22.7. The Kier molecular flexibility index (Phi) is 7.20. The molecule has 1 saturated heterocycles. The first kappa shape index (κ1) is 15.9. The van der Waals surface area contributed by atoms with Gasteiger partial charge in [0.15, 0.2) is 0 Å². The fourth-order valence-electron chi connectivity index (χ4n) is 2.56. The summed E-state index contributed by atoms with van der Waals surface area (Å²) in [5, 5.41) is 12.9. The number of likely N-dealkylation sites (tertiary alicyclic amines) is 1. The number of aliphatic hydroxyl groups is 1. The molecular formula is C15H32N2O. The Bertz CT molecular complexity index is 211. The first-order valence-electron chi connectivity index (χ1n) is 7.63. The first-order valence-corrected chi connectivity index (χ1v) is 7.63. The highest BCUT2D eigenvalue weighted by Gasteiger charge is 2.21. The predicted molar refractivity (Wildman–Crippen MR) is 77.8 cm³/mol. The zero-order valence-corrected chi connectivity index (χ0v) is 12.5. The van der Waals surface area contributed by atoms with E-state index in [1.54, 1.807) is 0 Å². The van der Waals surface area contributed by atoms with E-state index in [0.717, 1.165) is 19.5 Å². The Morgan fingerprint density at radius 3 is 2.50 bits per heavy atom. The maximum absolute atomic E-state index is 9.36. The monoisotopic (exact) mass is 256 g/mol. The number of rotatable bonds is 8. The van der Waals surface area contributed by atoms with Crippen molar-refractivity contribution in [1.29, 1.82) is 0 Å². The van der Waals surface area contributed by atoms with Crippen LogP contribution < -0.4 is 5.32 Å². The van der Waals surface area contributed by atoms with Gasteiger partial charge in [-0.1, -0.05) is 27.2 Å². The van der Waals surface area contributed by atoms with E-state index in [9.17, 15) is 5.11 Å². The first-order chi connectivity index (χ1) is 8.59. The fraction of sp³-hybridized carbons (Fsp3) is 1.00. The molecule has 0 spiro atoms. The molecule has 18 heavy (non-hydrogen) atoms. The van der Waals surface area contributed by atoms with Crippen LogP contribution >= 0.6 is 0 Å². The highest BCUT2D eigenvalue weighted by atomic mass is 16.3. The van der Waals surface area contributed by atoms with Crippen molar-refractivity contribution >= 4 is 0 Å². The molecule has 0 aromatic rings. The second-order valence-corrected chi connectivity index (χ2v) is 6.42. The Balaban J connectivity index is 2.14. The lowest BCUT2D eigenvalue weighted by molar-refractivity contribution is 0.132. The van der Waals surface area contributed by atoms with E-state index in [0.29, 0.717) is 5.92 Å². The minimum atomic E-state index is 0.0465. The molecule has 108 valence electrons. The predicted octanol–water partition coefficient (Wildman–Crippen LogP) is 2.11. The summed E-state index contributed by atoms with van der Waals surface area (Å²) in [4.78, 5) is 2.60. The second kappa shape index (κ2) is 8.13. The second-order valence-electron chi connectivity index (χ2n) is 6.42. The largest absolute Gasteiger partial charge is 0.396 e. The molecule has 0 aromatic carbocycles. The third kappa shape index (κ3) is 5.68. The van der Waals surface area contributed by atoms with Crippen molar-refractivity contribution < 1.29 is 5.11 Å². The number of piperidine rings is 1. The molecule has 2 unspecified atom stereocenters. The summed E-state index contributed by atoms with van der Waals surface area (Å²) in [5.41, 5.74) is 0.0465. The maximum atomic E-state index is 9.36. The van der Waals surface area contributed by atoms with Crippen LogP contribution in [0.15, 0.2) is 0 Å². The van der Waals surface area contributed by atoms with Gasteiger partial charge in [0.2, 0.25) is 0 Å². The average molecular weight is 256 g/mol. The van der Waals surface area contributed by atoms with Gasteiger partial charge in [0.1, 0.15) is 0 Å². The fourth-order valence-corrected chi connectivity index (χ4v) is 2.56. The Hall–Kier alpha value is -0.120. The van der Waals surface area contributed by atoms with Crippen molar-refractivity contribution in [3.63, 3.8) is 0 Å². The van der Waals surface area contributed by atoms with Crippen LogP contribution in [0.3, 0.4) is 0 Å². The number of nitrogens with one attached hydrogen (secondary N) is 1. The van der Waals surface area contributed by atoms with Crippen LogP contribution in [0.4, 0.5) is 0 Å². The average Bonchev–Trinajstić information content (AvgIpc) is 2.39. The highest BCUT2D eigenvalue weighted by Crippen LogP contribution is 2.18. The van der Waals surface area contributed by atoms with Crippen LogP contribution in [0, 0.1) is 11.3 Å². The molecule has 0 saturated carbocycles. The van der Waals surface area contributed by atoms with Crippen molar-refractivity contribution in [2.75, 3.05) is 39.3 Å². The van der Waals surface area contributed by atoms with Gasteiger partial charge in [-0.15, -0.1) is 0 Å². The van der Waals surface area contributed by atoms with Gasteiger partial charge in [-0.3, -0.25) is 0 Å². The smallest absolute Gasteiger partial charge is 0.0496 e. The van der Waals surface area contributed by atoms with Crippen LogP contribution in [0.5, 0.6) is 0 Å². The van der Waals surface area contributed by atoms with E-state index in [1.165, 1.54) is 38.9 Å². The Morgan fingerprint density at radius 2 is 1.94 bits per heavy atom. The molecular weight excluding hydrogens is 224 g/mol. The van der Waals surface area contributed by atoms with Crippen LogP contribution in [-0.4, -0.2) is 49.3 Å². The molecule has 0 aliphatic carbocycles. The minimum Gasteiger partial charge on any atom is -0.396 e. The summed E-state index contributed by atoms with van der Waals surface area (Å²) in [5.74, 6) is 0.697. The molecule has 3 heteroatoms. The quantitative estimate of drug-likeness (QED) is 0.698. The summed E-state index contributed by atoms with van der Waals surface area (Å²) in [6.45, 7) is 12.7. The minimum absolute atomic E-state index is 0.0465. The standard InChI is InChI=1S/C15H32N2O/c1-4-15(3,13-18)12-16-10-14(2)11-17-8-6-5-7-9-17/h14,16,18H,4-13H2,1-3H3. The zero-order chi connectivity index (χ0) is 13.4. The van der Waals surface area contributed by atoms with Crippen molar-refractivity contribution in [3.05, 3.63) is 0 Å². The van der Waals surface area contributed by atoms with Gasteiger partial charge < -0.3 is 15.3 Å². The molecule has 0 radical (unpaired) electrons. The van der Waals surface area contributed by atoms with E-state index in [4.69, 9.17) is 0 Å². The Morgan fingerprint density at radius 1 is 1.28 bits per heavy atom. The van der Waals surface area contributed by atoms with Crippen molar-refractivity contribution in [1.82, 2.24) is 10.2 Å². The number of aliphatic hydroxyl groups excluding tert-OH is 1. The van der Waals surface area contributed by atoms with E-state index in [1.807, 2.05) is 0 Å². The molecule has 1 aliphatic rings. The lowest BCUT2D eigenvalue weighted by atomic mass is 9.88. The number of hydrogen-bond donors (Lipinski definition) is 2. The molecule has 2 N–H and O–H groups in total. The zero-order valence-electron chi connectivity index (χ0n) is 12.5. The van der Waals surface area contributed by atoms with Crippen molar-refractivity contribution in [3.8, 4) is 0 Å². The molecule has 1 heterocycles. The molecule has 2 atom stereocenters. The van der Waals surface area contributed by atoms with Gasteiger partial charge in [-0.2, -0.15) is 0 Å². The SMILES string of the molecule is CCC(C)(CO)CNCC(C)CN1CCCCC1.